The predicted octanol–water partition coefficient (Wildman–Crippen LogP) is 1.46. The van der Waals surface area contributed by atoms with Crippen molar-refractivity contribution in [3.63, 3.8) is 0 Å². The summed E-state index contributed by atoms with van der Waals surface area (Å²) in [5.74, 6) is 5.30. The third-order valence-corrected chi connectivity index (χ3v) is 2.12. The Kier molecular flexibility index (Phi) is 4.62. The highest BCUT2D eigenvalue weighted by Crippen LogP contribution is 2.15. The maximum Gasteiger partial charge on any atom is 0.254 e. The highest BCUT2D eigenvalue weighted by atomic mass is 35.5. The molecule has 1 amide bonds. The average Bonchev–Trinajstić information content (AvgIpc) is 2.27. The van der Waals surface area contributed by atoms with Gasteiger partial charge in [-0.15, -0.1) is 11.8 Å². The summed E-state index contributed by atoms with van der Waals surface area (Å²) in [6, 6.07) is 1.50. The minimum Gasteiger partial charge on any atom is -0.397 e. The van der Waals surface area contributed by atoms with Crippen molar-refractivity contribution in [2.75, 3.05) is 12.3 Å². The maximum atomic E-state index is 11.6. The summed E-state index contributed by atoms with van der Waals surface area (Å²) >= 11 is 5.78. The first-order valence-corrected chi connectivity index (χ1v) is 5.11. The van der Waals surface area contributed by atoms with E-state index in [2.05, 4.69) is 22.1 Å². The normalized spacial score (nSPS) is 9.12. The van der Waals surface area contributed by atoms with Crippen LogP contribution in [-0.4, -0.2) is 17.4 Å². The van der Waals surface area contributed by atoms with Gasteiger partial charge >= 0.3 is 0 Å². The van der Waals surface area contributed by atoms with Gasteiger partial charge in [0.2, 0.25) is 0 Å². The van der Waals surface area contributed by atoms with E-state index in [1.807, 2.05) is 0 Å². The lowest BCUT2D eigenvalue weighted by Gasteiger charge is -2.05. The molecule has 16 heavy (non-hydrogen) atoms. The van der Waals surface area contributed by atoms with Gasteiger partial charge in [-0.2, -0.15) is 0 Å². The number of rotatable bonds is 3. The monoisotopic (exact) mass is 237 g/mol. The molecule has 0 bridgehead atoms. The number of nitrogens with zero attached hydrogens (tertiary/aromatic N) is 1. The van der Waals surface area contributed by atoms with Crippen LogP contribution in [0.25, 0.3) is 0 Å². The van der Waals surface area contributed by atoms with Crippen molar-refractivity contribution in [1.29, 1.82) is 0 Å². The highest BCUT2D eigenvalue weighted by Gasteiger charge is 2.10. The van der Waals surface area contributed by atoms with Crippen molar-refractivity contribution in [1.82, 2.24) is 10.3 Å². The van der Waals surface area contributed by atoms with Gasteiger partial charge in [-0.05, 0) is 13.0 Å². The zero-order chi connectivity index (χ0) is 12.0. The van der Waals surface area contributed by atoms with Crippen molar-refractivity contribution in [3.8, 4) is 11.8 Å². The Labute approximate surface area is 99.2 Å². The molecule has 0 fully saturated rings. The van der Waals surface area contributed by atoms with Crippen LogP contribution >= 0.6 is 11.6 Å². The smallest absolute Gasteiger partial charge is 0.254 e. The number of pyridine rings is 1. The van der Waals surface area contributed by atoms with E-state index < -0.39 is 0 Å². The number of nitrogens with two attached hydrogens (primary N) is 1. The summed E-state index contributed by atoms with van der Waals surface area (Å²) in [5, 5.41) is 2.83. The highest BCUT2D eigenvalue weighted by molar-refractivity contribution is 6.32. The number of nitrogens with one attached hydrogen (secondary N) is 1. The second-order valence-electron chi connectivity index (χ2n) is 3.04. The molecule has 1 rings (SSSR count). The predicted molar refractivity (Wildman–Crippen MR) is 64.1 cm³/mol. The summed E-state index contributed by atoms with van der Waals surface area (Å²) < 4.78 is 0. The topological polar surface area (TPSA) is 68.0 Å². The standard InChI is InChI=1S/C11H12ClN3O/c1-2-3-4-5-14-11(16)9-6-8(13)7-15-10(9)12/h6-7H,4-5,13H2,1H3,(H,14,16). The molecule has 1 heterocycles. The van der Waals surface area contributed by atoms with Gasteiger partial charge in [0.25, 0.3) is 5.91 Å². The van der Waals surface area contributed by atoms with Gasteiger partial charge in [0, 0.05) is 13.0 Å². The molecule has 0 saturated heterocycles. The van der Waals surface area contributed by atoms with Crippen LogP contribution in [0.3, 0.4) is 0 Å². The Morgan fingerprint density at radius 3 is 3.12 bits per heavy atom. The lowest BCUT2D eigenvalue weighted by Crippen LogP contribution is -2.24. The molecule has 1 aromatic rings. The van der Waals surface area contributed by atoms with E-state index in [9.17, 15) is 4.79 Å². The Bertz CT molecular complexity index is 448. The molecule has 0 aliphatic rings. The van der Waals surface area contributed by atoms with Crippen molar-refractivity contribution >= 4 is 23.2 Å². The molecular weight excluding hydrogens is 226 g/mol. The summed E-state index contributed by atoms with van der Waals surface area (Å²) in [5.41, 5.74) is 6.21. The average molecular weight is 238 g/mol. The Morgan fingerprint density at radius 1 is 1.69 bits per heavy atom. The van der Waals surface area contributed by atoms with E-state index in [0.717, 1.165) is 0 Å². The number of carbonyl (C=O) groups is 1. The Morgan fingerprint density at radius 2 is 2.44 bits per heavy atom. The van der Waals surface area contributed by atoms with Crippen LogP contribution < -0.4 is 11.1 Å². The van der Waals surface area contributed by atoms with Crippen LogP contribution in [-0.2, 0) is 0 Å². The molecule has 4 nitrogen and oxygen atoms in total. The molecule has 0 spiro atoms. The molecule has 84 valence electrons. The summed E-state index contributed by atoms with van der Waals surface area (Å²) in [6.07, 6.45) is 2.01. The zero-order valence-electron chi connectivity index (χ0n) is 8.88. The van der Waals surface area contributed by atoms with E-state index in [1.165, 1.54) is 12.3 Å². The summed E-state index contributed by atoms with van der Waals surface area (Å²) in [7, 11) is 0. The number of anilines is 1. The van der Waals surface area contributed by atoms with Crippen LogP contribution in [0.4, 0.5) is 5.69 Å². The second kappa shape index (κ2) is 5.99. The fourth-order valence-corrected chi connectivity index (χ4v) is 1.27. The number of carbonyl (C=O) groups excluding carboxylic acids is 1. The molecule has 3 N–H and O–H groups in total. The molecule has 5 heteroatoms. The van der Waals surface area contributed by atoms with Crippen LogP contribution in [0.5, 0.6) is 0 Å². The summed E-state index contributed by atoms with van der Waals surface area (Å²) in [4.78, 5) is 15.4. The van der Waals surface area contributed by atoms with Crippen LogP contribution in [0.1, 0.15) is 23.7 Å². The molecule has 0 aliphatic heterocycles. The molecule has 0 aromatic carbocycles. The van der Waals surface area contributed by atoms with E-state index in [1.54, 1.807) is 6.92 Å². The van der Waals surface area contributed by atoms with Gasteiger partial charge in [-0.1, -0.05) is 11.6 Å². The molecule has 0 radical (unpaired) electrons. The van der Waals surface area contributed by atoms with Gasteiger partial charge in [0.15, 0.2) is 0 Å². The quantitative estimate of drug-likeness (QED) is 0.475. The number of aromatic nitrogens is 1. The van der Waals surface area contributed by atoms with E-state index in [4.69, 9.17) is 17.3 Å². The van der Waals surface area contributed by atoms with Crippen molar-refractivity contribution in [2.24, 2.45) is 0 Å². The molecule has 1 aromatic heterocycles. The summed E-state index contributed by atoms with van der Waals surface area (Å²) in [6.45, 7) is 2.23. The number of hydrogen-bond donors (Lipinski definition) is 2. The Hall–Kier alpha value is -1.73. The molecule has 0 saturated carbocycles. The SMILES string of the molecule is CC#CCCNC(=O)c1cc(N)cnc1Cl. The fourth-order valence-electron chi connectivity index (χ4n) is 1.08. The third kappa shape index (κ3) is 3.44. The second-order valence-corrected chi connectivity index (χ2v) is 3.40. The molecular formula is C11H12ClN3O. The minimum atomic E-state index is -0.289. The van der Waals surface area contributed by atoms with Gasteiger partial charge in [0.1, 0.15) is 5.15 Å². The van der Waals surface area contributed by atoms with Crippen LogP contribution in [0, 0.1) is 11.8 Å². The molecule has 0 atom stereocenters. The van der Waals surface area contributed by atoms with Gasteiger partial charge < -0.3 is 11.1 Å². The van der Waals surface area contributed by atoms with E-state index in [-0.39, 0.29) is 16.6 Å². The first kappa shape index (κ1) is 12.3. The largest absolute Gasteiger partial charge is 0.397 e. The van der Waals surface area contributed by atoms with E-state index >= 15 is 0 Å². The minimum absolute atomic E-state index is 0.147. The molecule has 0 aliphatic carbocycles. The van der Waals surface area contributed by atoms with Crippen molar-refractivity contribution < 1.29 is 4.79 Å². The van der Waals surface area contributed by atoms with Gasteiger partial charge in [-0.25, -0.2) is 4.98 Å². The Balaban J connectivity index is 2.64. The van der Waals surface area contributed by atoms with Crippen LogP contribution in [0.15, 0.2) is 12.3 Å². The van der Waals surface area contributed by atoms with Gasteiger partial charge in [-0.3, -0.25) is 4.79 Å². The third-order valence-electron chi connectivity index (χ3n) is 1.82. The molecule has 0 unspecified atom stereocenters. The lowest BCUT2D eigenvalue weighted by atomic mass is 10.2. The number of hydrogen-bond acceptors (Lipinski definition) is 3. The van der Waals surface area contributed by atoms with E-state index in [0.29, 0.717) is 18.7 Å². The van der Waals surface area contributed by atoms with Crippen molar-refractivity contribution in [2.45, 2.75) is 13.3 Å². The first-order chi connectivity index (χ1) is 7.65. The van der Waals surface area contributed by atoms with Crippen LogP contribution in [0.2, 0.25) is 5.15 Å². The maximum absolute atomic E-state index is 11.6. The zero-order valence-corrected chi connectivity index (χ0v) is 9.64. The number of amides is 1. The lowest BCUT2D eigenvalue weighted by molar-refractivity contribution is 0.0954. The fraction of sp³-hybridized carbons (Fsp3) is 0.273. The number of nitrogen functional groups attached to an aromatic ring is 1. The number of halogens is 1. The van der Waals surface area contributed by atoms with Crippen molar-refractivity contribution in [3.05, 3.63) is 23.0 Å². The first-order valence-electron chi connectivity index (χ1n) is 4.74. The van der Waals surface area contributed by atoms with Gasteiger partial charge in [0.05, 0.1) is 17.4 Å².